The summed E-state index contributed by atoms with van der Waals surface area (Å²) in [4.78, 5) is 18.2. The summed E-state index contributed by atoms with van der Waals surface area (Å²) in [6.07, 6.45) is -6.03. The second-order valence-electron chi connectivity index (χ2n) is 9.94. The molecule has 3 aromatic rings. The van der Waals surface area contributed by atoms with Gasteiger partial charge in [-0.25, -0.2) is 22.2 Å². The first-order valence-corrected chi connectivity index (χ1v) is 15.1. The highest BCUT2D eigenvalue weighted by molar-refractivity contribution is 7.89. The van der Waals surface area contributed by atoms with Crippen LogP contribution in [0.5, 0.6) is 0 Å². The van der Waals surface area contributed by atoms with E-state index in [0.717, 1.165) is 28.4 Å². The van der Waals surface area contributed by atoms with Gasteiger partial charge in [-0.2, -0.15) is 17.9 Å². The molecule has 230 valence electrons. The molecular weight excluding hydrogens is 656 g/mol. The van der Waals surface area contributed by atoms with E-state index in [-0.39, 0.29) is 46.0 Å². The van der Waals surface area contributed by atoms with Crippen LogP contribution in [0.15, 0.2) is 21.4 Å². The Morgan fingerprint density at radius 3 is 2.33 bits per heavy atom. The van der Waals surface area contributed by atoms with Gasteiger partial charge in [-0.1, -0.05) is 29.3 Å². The maximum atomic E-state index is 13.7. The van der Waals surface area contributed by atoms with Crippen molar-refractivity contribution >= 4 is 50.5 Å². The number of alkyl halides is 5. The number of aromatic nitrogens is 3. The number of hydrogen-bond donors (Lipinski definition) is 2. The van der Waals surface area contributed by atoms with Crippen LogP contribution >= 0.6 is 34.5 Å². The number of carbonyl (C=O) groups excluding carboxylic acids is 1. The number of aliphatic hydroxyl groups is 1. The van der Waals surface area contributed by atoms with E-state index in [1.54, 1.807) is 0 Å². The van der Waals surface area contributed by atoms with Crippen LogP contribution in [-0.2, 0) is 15.6 Å². The van der Waals surface area contributed by atoms with Gasteiger partial charge < -0.3 is 14.4 Å². The van der Waals surface area contributed by atoms with Crippen molar-refractivity contribution in [2.24, 2.45) is 0 Å². The first kappa shape index (κ1) is 32.5. The van der Waals surface area contributed by atoms with Gasteiger partial charge in [0, 0.05) is 31.5 Å². The van der Waals surface area contributed by atoms with Crippen LogP contribution in [0.4, 0.5) is 22.0 Å². The molecule has 1 saturated heterocycles. The van der Waals surface area contributed by atoms with Crippen molar-refractivity contribution < 1.29 is 44.7 Å². The summed E-state index contributed by atoms with van der Waals surface area (Å²) in [5, 5.41) is 16.7. The molecule has 3 heterocycles. The Morgan fingerprint density at radius 2 is 1.79 bits per heavy atom. The van der Waals surface area contributed by atoms with Gasteiger partial charge in [-0.3, -0.25) is 4.79 Å². The lowest BCUT2D eigenvalue weighted by atomic mass is 10.1. The third-order valence-electron chi connectivity index (χ3n) is 6.15. The maximum absolute atomic E-state index is 13.7. The number of halogens is 7. The number of amides is 1. The Kier molecular flexibility index (Phi) is 8.69. The lowest BCUT2D eigenvalue weighted by Crippen LogP contribution is -2.43. The molecule has 1 aliphatic rings. The highest BCUT2D eigenvalue weighted by atomic mass is 35.5. The molecule has 4 rings (SSSR count). The van der Waals surface area contributed by atoms with Crippen LogP contribution in [0.3, 0.4) is 0 Å². The molecule has 0 saturated carbocycles. The highest BCUT2D eigenvalue weighted by Crippen LogP contribution is 2.44. The van der Waals surface area contributed by atoms with E-state index in [0.29, 0.717) is 6.92 Å². The number of hydrogen-bond acceptors (Lipinski definition) is 9. The highest BCUT2D eigenvalue weighted by Gasteiger charge is 2.40. The van der Waals surface area contributed by atoms with E-state index in [9.17, 15) is 40.3 Å². The van der Waals surface area contributed by atoms with E-state index in [1.807, 2.05) is 0 Å². The summed E-state index contributed by atoms with van der Waals surface area (Å²) < 4.78 is 98.8. The summed E-state index contributed by atoms with van der Waals surface area (Å²) in [5.74, 6) is -4.07. The Hall–Kier alpha value is -2.44. The van der Waals surface area contributed by atoms with Crippen molar-refractivity contribution in [3.05, 3.63) is 33.8 Å². The lowest BCUT2D eigenvalue weighted by molar-refractivity contribution is -0.147. The van der Waals surface area contributed by atoms with Crippen molar-refractivity contribution in [3.63, 3.8) is 0 Å². The van der Waals surface area contributed by atoms with E-state index in [2.05, 4.69) is 15.2 Å². The molecule has 0 spiro atoms. The van der Waals surface area contributed by atoms with Crippen LogP contribution in [0.1, 0.15) is 50.0 Å². The summed E-state index contributed by atoms with van der Waals surface area (Å²) in [7, 11) is -4.80. The molecule has 2 aromatic heterocycles. The molecule has 1 fully saturated rings. The zero-order valence-electron chi connectivity index (χ0n) is 21.9. The number of nitrogens with zero attached hydrogens (tertiary/aromatic N) is 4. The van der Waals surface area contributed by atoms with Gasteiger partial charge in [0.15, 0.2) is 5.01 Å². The standard InChI is InChI=1S/C23H22Cl2F5N5O5S2/c1-10(23(28,29)30)34-42(38,39)12-5-4-11(13(24)14(12)25)16-15(19(36)35-8-6-22(26,27)7-9-35)31-18(41-16)17-32-33-20(40-17)21(2,3)37/h4-5,10,34,37H,6-9H2,1-3H3. The maximum Gasteiger partial charge on any atom is 0.404 e. The third-order valence-corrected chi connectivity index (χ3v) is 9.80. The van der Waals surface area contributed by atoms with E-state index in [1.165, 1.54) is 18.6 Å². The lowest BCUT2D eigenvalue weighted by Gasteiger charge is -2.31. The molecule has 1 atom stereocenters. The van der Waals surface area contributed by atoms with Crippen LogP contribution in [0.2, 0.25) is 10.0 Å². The molecule has 0 aliphatic carbocycles. The van der Waals surface area contributed by atoms with Crippen molar-refractivity contribution in [3.8, 4) is 21.3 Å². The molecule has 1 amide bonds. The average molecular weight is 678 g/mol. The van der Waals surface area contributed by atoms with Crippen molar-refractivity contribution in [2.45, 2.75) is 62.3 Å². The fourth-order valence-electron chi connectivity index (χ4n) is 3.76. The summed E-state index contributed by atoms with van der Waals surface area (Å²) in [5.41, 5.74) is -1.82. The fourth-order valence-corrected chi connectivity index (χ4v) is 6.92. The molecule has 19 heteroatoms. The van der Waals surface area contributed by atoms with Crippen molar-refractivity contribution in [1.29, 1.82) is 0 Å². The fraction of sp³-hybridized carbons (Fsp3) is 0.478. The van der Waals surface area contributed by atoms with Crippen LogP contribution in [-0.4, -0.2) is 70.7 Å². The summed E-state index contributed by atoms with van der Waals surface area (Å²) in [6, 6.07) is -0.413. The zero-order valence-corrected chi connectivity index (χ0v) is 25.0. The Bertz CT molecular complexity index is 1610. The number of nitrogens with one attached hydrogen (secondary N) is 1. The predicted molar refractivity (Wildman–Crippen MR) is 142 cm³/mol. The van der Waals surface area contributed by atoms with Gasteiger partial charge in [-0.15, -0.1) is 21.5 Å². The van der Waals surface area contributed by atoms with E-state index < -0.39 is 67.5 Å². The number of benzene rings is 1. The van der Waals surface area contributed by atoms with E-state index in [4.69, 9.17) is 27.6 Å². The second-order valence-corrected chi connectivity index (χ2v) is 13.4. The Morgan fingerprint density at radius 1 is 1.17 bits per heavy atom. The number of carbonyl (C=O) groups is 1. The smallest absolute Gasteiger partial charge is 0.404 e. The molecule has 0 radical (unpaired) electrons. The van der Waals surface area contributed by atoms with Gasteiger partial charge in [0.1, 0.15) is 22.2 Å². The minimum Gasteiger partial charge on any atom is -0.415 e. The summed E-state index contributed by atoms with van der Waals surface area (Å²) >= 11 is 13.4. The SMILES string of the molecule is CC(NS(=O)(=O)c1ccc(-c2sc(-c3nnc(C(C)(C)O)o3)nc2C(=O)N2CCC(F)(F)CC2)c(Cl)c1Cl)C(F)(F)F. The number of thiazole rings is 1. The minimum atomic E-state index is -4.88. The molecule has 10 nitrogen and oxygen atoms in total. The van der Waals surface area contributed by atoms with Gasteiger partial charge >= 0.3 is 6.18 Å². The second kappa shape index (κ2) is 11.2. The largest absolute Gasteiger partial charge is 0.415 e. The quantitative estimate of drug-likeness (QED) is 0.313. The van der Waals surface area contributed by atoms with E-state index >= 15 is 0 Å². The molecule has 0 bridgehead atoms. The Labute approximate surface area is 249 Å². The van der Waals surface area contributed by atoms with Crippen LogP contribution in [0, 0.1) is 0 Å². The monoisotopic (exact) mass is 677 g/mol. The minimum absolute atomic E-state index is 0.0165. The molecule has 2 N–H and O–H groups in total. The molecule has 42 heavy (non-hydrogen) atoms. The van der Waals surface area contributed by atoms with Gasteiger partial charge in [0.2, 0.25) is 15.9 Å². The van der Waals surface area contributed by atoms with Crippen LogP contribution < -0.4 is 4.72 Å². The zero-order chi connectivity index (χ0) is 31.4. The number of rotatable bonds is 7. The normalized spacial score (nSPS) is 17.0. The summed E-state index contributed by atoms with van der Waals surface area (Å²) in [6.45, 7) is 2.82. The molecule has 1 unspecified atom stereocenters. The molecule has 1 aromatic carbocycles. The third kappa shape index (κ3) is 6.70. The van der Waals surface area contributed by atoms with Crippen molar-refractivity contribution in [1.82, 2.24) is 24.8 Å². The van der Waals surface area contributed by atoms with Crippen LogP contribution in [0.25, 0.3) is 21.3 Å². The van der Waals surface area contributed by atoms with Gasteiger partial charge in [0.25, 0.3) is 17.7 Å². The molecule has 1 aliphatic heterocycles. The first-order valence-electron chi connectivity index (χ1n) is 12.0. The number of piperidine rings is 1. The topological polar surface area (TPSA) is 139 Å². The van der Waals surface area contributed by atoms with Crippen molar-refractivity contribution in [2.75, 3.05) is 13.1 Å². The number of sulfonamides is 1. The molecular formula is C23H22Cl2F5N5O5S2. The Balaban J connectivity index is 1.80. The number of likely N-dealkylation sites (tertiary alicyclic amines) is 1. The van der Waals surface area contributed by atoms with Gasteiger partial charge in [0.05, 0.1) is 14.9 Å². The van der Waals surface area contributed by atoms with Gasteiger partial charge in [-0.05, 0) is 26.8 Å². The predicted octanol–water partition coefficient (Wildman–Crippen LogP) is 5.49. The first-order chi connectivity index (χ1) is 19.2. The average Bonchev–Trinajstić information content (AvgIpc) is 3.52.